The van der Waals surface area contributed by atoms with E-state index in [0.29, 0.717) is 6.04 Å². The van der Waals surface area contributed by atoms with Crippen molar-refractivity contribution in [2.45, 2.75) is 39.2 Å². The van der Waals surface area contributed by atoms with Gasteiger partial charge in [0.05, 0.1) is 0 Å². The first kappa shape index (κ1) is 12.5. The fourth-order valence-corrected chi connectivity index (χ4v) is 1.87. The highest BCUT2D eigenvalue weighted by Gasteiger charge is 2.06. The molecule has 0 aliphatic rings. The summed E-state index contributed by atoms with van der Waals surface area (Å²) >= 11 is 0. The highest BCUT2D eigenvalue weighted by Crippen LogP contribution is 2.10. The number of nitrogens with one attached hydrogen (secondary N) is 1. The van der Waals surface area contributed by atoms with E-state index in [2.05, 4.69) is 34.1 Å². The number of anilines is 1. The summed E-state index contributed by atoms with van der Waals surface area (Å²) in [5.74, 6) is 1.66. The Kier molecular flexibility index (Phi) is 3.92. The Morgan fingerprint density at radius 2 is 2.28 bits per heavy atom. The molecule has 0 saturated heterocycles. The third-order valence-electron chi connectivity index (χ3n) is 2.86. The minimum Gasteiger partial charge on any atom is -0.366 e. The standard InChI is InChI=1S/C13H19N5/c1-4-5-6-7-10(2)14-12-8-9-13-16-15-11(3)18(13)17-12/h4,8-10H,1,5-7H2,2-3H3,(H,14,17). The van der Waals surface area contributed by atoms with E-state index in [0.717, 1.165) is 36.6 Å². The van der Waals surface area contributed by atoms with Gasteiger partial charge in [-0.2, -0.15) is 4.52 Å². The minimum atomic E-state index is 0.395. The van der Waals surface area contributed by atoms with E-state index < -0.39 is 0 Å². The fraction of sp³-hybridized carbons (Fsp3) is 0.462. The van der Waals surface area contributed by atoms with E-state index in [1.165, 1.54) is 0 Å². The molecule has 0 aliphatic heterocycles. The summed E-state index contributed by atoms with van der Waals surface area (Å²) in [6.07, 6.45) is 5.26. The Bertz CT molecular complexity index is 531. The summed E-state index contributed by atoms with van der Waals surface area (Å²) < 4.78 is 1.75. The molecule has 5 heteroatoms. The van der Waals surface area contributed by atoms with Crippen LogP contribution < -0.4 is 5.32 Å². The zero-order valence-electron chi connectivity index (χ0n) is 10.9. The van der Waals surface area contributed by atoms with Crippen LogP contribution in [0.5, 0.6) is 0 Å². The van der Waals surface area contributed by atoms with E-state index in [1.54, 1.807) is 4.52 Å². The topological polar surface area (TPSA) is 55.1 Å². The van der Waals surface area contributed by atoms with Crippen LogP contribution in [0.1, 0.15) is 32.0 Å². The number of rotatable bonds is 6. The van der Waals surface area contributed by atoms with Gasteiger partial charge in [0.25, 0.3) is 0 Å². The van der Waals surface area contributed by atoms with E-state index in [-0.39, 0.29) is 0 Å². The first-order valence-corrected chi connectivity index (χ1v) is 6.27. The van der Waals surface area contributed by atoms with E-state index >= 15 is 0 Å². The number of aromatic nitrogens is 4. The Morgan fingerprint density at radius 3 is 3.06 bits per heavy atom. The van der Waals surface area contributed by atoms with Crippen molar-refractivity contribution in [1.82, 2.24) is 19.8 Å². The number of fused-ring (bicyclic) bond motifs is 1. The third-order valence-corrected chi connectivity index (χ3v) is 2.86. The number of nitrogens with zero attached hydrogens (tertiary/aromatic N) is 4. The summed E-state index contributed by atoms with van der Waals surface area (Å²) in [5, 5.41) is 15.9. The van der Waals surface area contributed by atoms with Gasteiger partial charge in [0.2, 0.25) is 0 Å². The fourth-order valence-electron chi connectivity index (χ4n) is 1.87. The molecule has 0 aromatic carbocycles. The smallest absolute Gasteiger partial charge is 0.178 e. The van der Waals surface area contributed by atoms with Gasteiger partial charge in [-0.3, -0.25) is 0 Å². The van der Waals surface area contributed by atoms with Crippen molar-refractivity contribution in [3.63, 3.8) is 0 Å². The summed E-state index contributed by atoms with van der Waals surface area (Å²) in [6.45, 7) is 7.78. The van der Waals surface area contributed by atoms with Crippen LogP contribution in [0.3, 0.4) is 0 Å². The zero-order chi connectivity index (χ0) is 13.0. The maximum Gasteiger partial charge on any atom is 0.178 e. The van der Waals surface area contributed by atoms with Gasteiger partial charge >= 0.3 is 0 Å². The van der Waals surface area contributed by atoms with Gasteiger partial charge in [-0.1, -0.05) is 6.08 Å². The normalized spacial score (nSPS) is 12.6. The lowest BCUT2D eigenvalue weighted by Gasteiger charge is -2.13. The minimum absolute atomic E-state index is 0.395. The second-order valence-electron chi connectivity index (χ2n) is 4.50. The lowest BCUT2D eigenvalue weighted by Crippen LogP contribution is -2.16. The first-order valence-electron chi connectivity index (χ1n) is 6.27. The Balaban J connectivity index is 2.02. The molecule has 0 saturated carbocycles. The molecule has 0 radical (unpaired) electrons. The van der Waals surface area contributed by atoms with Crippen molar-refractivity contribution >= 4 is 11.5 Å². The molecule has 2 rings (SSSR count). The van der Waals surface area contributed by atoms with Crippen molar-refractivity contribution in [2.75, 3.05) is 5.32 Å². The number of hydrogen-bond donors (Lipinski definition) is 1. The molecule has 1 unspecified atom stereocenters. The summed E-state index contributed by atoms with van der Waals surface area (Å²) in [4.78, 5) is 0. The van der Waals surface area contributed by atoms with Crippen molar-refractivity contribution in [2.24, 2.45) is 0 Å². The molecule has 2 heterocycles. The summed E-state index contributed by atoms with van der Waals surface area (Å²) in [5.41, 5.74) is 0.775. The lowest BCUT2D eigenvalue weighted by atomic mass is 10.1. The van der Waals surface area contributed by atoms with Crippen molar-refractivity contribution < 1.29 is 0 Å². The van der Waals surface area contributed by atoms with Gasteiger partial charge in [-0.15, -0.1) is 21.9 Å². The van der Waals surface area contributed by atoms with Crippen LogP contribution in [-0.2, 0) is 0 Å². The predicted molar refractivity (Wildman–Crippen MR) is 72.7 cm³/mol. The van der Waals surface area contributed by atoms with Crippen LogP contribution in [0.4, 0.5) is 5.82 Å². The maximum absolute atomic E-state index is 4.46. The van der Waals surface area contributed by atoms with Crippen molar-refractivity contribution in [1.29, 1.82) is 0 Å². The highest BCUT2D eigenvalue weighted by atomic mass is 15.4. The predicted octanol–water partition coefficient (Wildman–Crippen LogP) is 2.59. The van der Waals surface area contributed by atoms with E-state index in [1.807, 2.05) is 25.1 Å². The van der Waals surface area contributed by atoms with Crippen LogP contribution in [0.15, 0.2) is 24.8 Å². The van der Waals surface area contributed by atoms with Crippen molar-refractivity contribution in [3.05, 3.63) is 30.6 Å². The maximum atomic E-state index is 4.46. The molecule has 0 amide bonds. The molecule has 2 aromatic heterocycles. The van der Waals surface area contributed by atoms with Crippen LogP contribution in [0.2, 0.25) is 0 Å². The molecule has 0 fully saturated rings. The molecule has 0 bridgehead atoms. The highest BCUT2D eigenvalue weighted by molar-refractivity contribution is 5.44. The second kappa shape index (κ2) is 5.62. The van der Waals surface area contributed by atoms with Crippen molar-refractivity contribution in [3.8, 4) is 0 Å². The van der Waals surface area contributed by atoms with E-state index in [9.17, 15) is 0 Å². The molecule has 1 atom stereocenters. The monoisotopic (exact) mass is 245 g/mol. The molecule has 0 aliphatic carbocycles. The quantitative estimate of drug-likeness (QED) is 0.628. The van der Waals surface area contributed by atoms with Crippen LogP contribution in [0.25, 0.3) is 5.65 Å². The molecule has 0 spiro atoms. The largest absolute Gasteiger partial charge is 0.366 e. The van der Waals surface area contributed by atoms with Crippen LogP contribution in [-0.4, -0.2) is 25.9 Å². The first-order chi connectivity index (χ1) is 8.70. The molecule has 2 aromatic rings. The van der Waals surface area contributed by atoms with E-state index in [4.69, 9.17) is 0 Å². The van der Waals surface area contributed by atoms with Gasteiger partial charge < -0.3 is 5.32 Å². The Hall–Kier alpha value is -1.91. The van der Waals surface area contributed by atoms with Crippen LogP contribution in [0, 0.1) is 6.92 Å². The molecular weight excluding hydrogens is 226 g/mol. The Morgan fingerprint density at radius 1 is 1.44 bits per heavy atom. The second-order valence-corrected chi connectivity index (χ2v) is 4.50. The molecule has 5 nitrogen and oxygen atoms in total. The molecule has 18 heavy (non-hydrogen) atoms. The van der Waals surface area contributed by atoms with Gasteiger partial charge in [0, 0.05) is 6.04 Å². The van der Waals surface area contributed by atoms with Crippen LogP contribution >= 0.6 is 0 Å². The van der Waals surface area contributed by atoms with Gasteiger partial charge in [0.15, 0.2) is 11.5 Å². The van der Waals surface area contributed by atoms with Gasteiger partial charge in [0.1, 0.15) is 5.82 Å². The molecule has 96 valence electrons. The Labute approximate surface area is 107 Å². The lowest BCUT2D eigenvalue weighted by molar-refractivity contribution is 0.658. The summed E-state index contributed by atoms with van der Waals surface area (Å²) in [7, 11) is 0. The number of unbranched alkanes of at least 4 members (excludes halogenated alkanes) is 1. The number of hydrogen-bond acceptors (Lipinski definition) is 4. The SMILES string of the molecule is C=CCCCC(C)Nc1ccc2nnc(C)n2n1. The number of aryl methyl sites for hydroxylation is 1. The van der Waals surface area contributed by atoms with Gasteiger partial charge in [-0.05, 0) is 45.2 Å². The average molecular weight is 245 g/mol. The zero-order valence-corrected chi connectivity index (χ0v) is 10.9. The molecular formula is C13H19N5. The third kappa shape index (κ3) is 2.85. The van der Waals surface area contributed by atoms with Gasteiger partial charge in [-0.25, -0.2) is 0 Å². The summed E-state index contributed by atoms with van der Waals surface area (Å²) in [6, 6.07) is 4.26. The molecule has 1 N–H and O–H groups in total. The average Bonchev–Trinajstić information content (AvgIpc) is 2.71. The number of allylic oxidation sites excluding steroid dienone is 1.